The third kappa shape index (κ3) is 3.11. The molecule has 1 aliphatic carbocycles. The highest BCUT2D eigenvalue weighted by atomic mass is 35.5. The zero-order valence-electron chi connectivity index (χ0n) is 9.58. The van der Waals surface area contributed by atoms with Gasteiger partial charge in [0.2, 0.25) is 5.91 Å². The maximum atomic E-state index is 11.9. The maximum Gasteiger partial charge on any atom is 0.238 e. The van der Waals surface area contributed by atoms with Crippen molar-refractivity contribution in [2.75, 3.05) is 13.2 Å². The molecule has 0 radical (unpaired) electrons. The van der Waals surface area contributed by atoms with Crippen LogP contribution in [0.5, 0.6) is 0 Å². The van der Waals surface area contributed by atoms with Crippen LogP contribution in [0.25, 0.3) is 0 Å². The number of alkyl halides is 1. The van der Waals surface area contributed by atoms with Crippen LogP contribution in [0.1, 0.15) is 38.5 Å². The number of nitrogens with one attached hydrogen (secondary N) is 1. The van der Waals surface area contributed by atoms with Crippen molar-refractivity contribution >= 4 is 17.5 Å². The summed E-state index contributed by atoms with van der Waals surface area (Å²) in [6, 6.07) is 0.359. The Morgan fingerprint density at radius 2 is 2.00 bits per heavy atom. The van der Waals surface area contributed by atoms with Gasteiger partial charge in [-0.1, -0.05) is 12.8 Å². The summed E-state index contributed by atoms with van der Waals surface area (Å²) in [5.41, 5.74) is 0. The lowest BCUT2D eigenvalue weighted by molar-refractivity contribution is -0.123. The van der Waals surface area contributed by atoms with Crippen molar-refractivity contribution < 1.29 is 9.53 Å². The normalized spacial score (nSPS) is 28.9. The molecule has 2 aliphatic rings. The first-order valence-electron chi connectivity index (χ1n) is 6.29. The maximum absolute atomic E-state index is 11.9. The van der Waals surface area contributed by atoms with E-state index < -0.39 is 5.38 Å². The second kappa shape index (κ2) is 5.87. The van der Waals surface area contributed by atoms with E-state index in [4.69, 9.17) is 16.3 Å². The summed E-state index contributed by atoms with van der Waals surface area (Å²) in [5, 5.41) is 2.63. The molecule has 1 saturated heterocycles. The highest BCUT2D eigenvalue weighted by Crippen LogP contribution is 2.23. The fraction of sp³-hybridized carbons (Fsp3) is 0.917. The molecule has 1 amide bonds. The largest absolute Gasteiger partial charge is 0.381 e. The number of hydrogen-bond donors (Lipinski definition) is 1. The molecule has 1 saturated carbocycles. The van der Waals surface area contributed by atoms with Gasteiger partial charge in [-0.3, -0.25) is 4.79 Å². The molecule has 2 fully saturated rings. The Balaban J connectivity index is 1.78. The van der Waals surface area contributed by atoms with Gasteiger partial charge in [0.1, 0.15) is 5.38 Å². The van der Waals surface area contributed by atoms with Gasteiger partial charge in [0.25, 0.3) is 0 Å². The molecule has 1 heterocycles. The van der Waals surface area contributed by atoms with Crippen LogP contribution in [-0.4, -0.2) is 30.5 Å². The minimum atomic E-state index is -0.416. The number of amides is 1. The Labute approximate surface area is 102 Å². The van der Waals surface area contributed by atoms with Gasteiger partial charge in [-0.25, -0.2) is 0 Å². The third-order valence-corrected chi connectivity index (χ3v) is 4.12. The molecule has 2 atom stereocenters. The van der Waals surface area contributed by atoms with E-state index in [1.54, 1.807) is 0 Å². The van der Waals surface area contributed by atoms with Crippen LogP contribution in [0, 0.1) is 5.92 Å². The number of carbonyl (C=O) groups is 1. The Morgan fingerprint density at radius 3 is 2.62 bits per heavy atom. The molecular weight excluding hydrogens is 226 g/mol. The van der Waals surface area contributed by atoms with E-state index >= 15 is 0 Å². The van der Waals surface area contributed by atoms with Crippen LogP contribution >= 0.6 is 11.6 Å². The number of halogens is 1. The molecule has 0 aromatic heterocycles. The Morgan fingerprint density at radius 1 is 1.25 bits per heavy atom. The molecule has 0 aromatic carbocycles. The fourth-order valence-corrected chi connectivity index (χ4v) is 2.82. The highest BCUT2D eigenvalue weighted by Gasteiger charge is 2.29. The SMILES string of the molecule is O=C(NC1CCCC1)C(Cl)C1CCCOC1. The molecule has 2 unspecified atom stereocenters. The topological polar surface area (TPSA) is 38.3 Å². The summed E-state index contributed by atoms with van der Waals surface area (Å²) in [6.45, 7) is 1.44. The molecule has 92 valence electrons. The molecule has 3 nitrogen and oxygen atoms in total. The minimum Gasteiger partial charge on any atom is -0.381 e. The van der Waals surface area contributed by atoms with Crippen LogP contribution in [0.2, 0.25) is 0 Å². The molecule has 0 bridgehead atoms. The van der Waals surface area contributed by atoms with Gasteiger partial charge in [-0.05, 0) is 25.7 Å². The summed E-state index contributed by atoms with van der Waals surface area (Å²) in [4.78, 5) is 11.9. The minimum absolute atomic E-state index is 0.00377. The van der Waals surface area contributed by atoms with Gasteiger partial charge in [0.05, 0.1) is 6.61 Å². The van der Waals surface area contributed by atoms with E-state index in [0.29, 0.717) is 12.6 Å². The fourth-order valence-electron chi connectivity index (χ4n) is 2.56. The average molecular weight is 246 g/mol. The molecule has 16 heavy (non-hydrogen) atoms. The van der Waals surface area contributed by atoms with Gasteiger partial charge in [-0.2, -0.15) is 0 Å². The second-order valence-corrected chi connectivity index (χ2v) is 5.34. The van der Waals surface area contributed by atoms with Crippen LogP contribution in [-0.2, 0) is 9.53 Å². The molecule has 1 N–H and O–H groups in total. The smallest absolute Gasteiger partial charge is 0.238 e. The second-order valence-electron chi connectivity index (χ2n) is 4.87. The van der Waals surface area contributed by atoms with E-state index in [2.05, 4.69) is 5.32 Å². The zero-order chi connectivity index (χ0) is 11.4. The number of rotatable bonds is 3. The summed E-state index contributed by atoms with van der Waals surface area (Å²) < 4.78 is 5.36. The molecule has 2 rings (SSSR count). The van der Waals surface area contributed by atoms with E-state index in [9.17, 15) is 4.79 Å². The summed E-state index contributed by atoms with van der Waals surface area (Å²) in [7, 11) is 0. The van der Waals surface area contributed by atoms with Gasteiger partial charge in [0, 0.05) is 18.6 Å². The lowest BCUT2D eigenvalue weighted by Crippen LogP contribution is -2.42. The molecule has 1 aliphatic heterocycles. The van der Waals surface area contributed by atoms with Crippen LogP contribution in [0.4, 0.5) is 0 Å². The van der Waals surface area contributed by atoms with Crippen molar-refractivity contribution in [2.45, 2.75) is 49.9 Å². The number of carbonyl (C=O) groups excluding carboxylic acids is 1. The molecule has 0 aromatic rings. The summed E-state index contributed by atoms with van der Waals surface area (Å²) in [5.74, 6) is 0.195. The van der Waals surface area contributed by atoms with Crippen LogP contribution in [0.15, 0.2) is 0 Å². The summed E-state index contributed by atoms with van der Waals surface area (Å²) in [6.07, 6.45) is 6.69. The van der Waals surface area contributed by atoms with E-state index in [0.717, 1.165) is 32.3 Å². The van der Waals surface area contributed by atoms with Crippen molar-refractivity contribution in [1.29, 1.82) is 0 Å². The van der Waals surface area contributed by atoms with E-state index in [1.807, 2.05) is 0 Å². The van der Waals surface area contributed by atoms with Gasteiger partial charge < -0.3 is 10.1 Å². The molecule has 0 spiro atoms. The first-order valence-corrected chi connectivity index (χ1v) is 6.73. The monoisotopic (exact) mass is 245 g/mol. The van der Waals surface area contributed by atoms with Crippen molar-refractivity contribution in [3.63, 3.8) is 0 Å². The van der Waals surface area contributed by atoms with Crippen molar-refractivity contribution in [1.82, 2.24) is 5.32 Å². The first-order chi connectivity index (χ1) is 7.77. The Hall–Kier alpha value is -0.280. The highest BCUT2D eigenvalue weighted by molar-refractivity contribution is 6.31. The predicted molar refractivity (Wildman–Crippen MR) is 63.6 cm³/mol. The van der Waals surface area contributed by atoms with Crippen molar-refractivity contribution in [3.8, 4) is 0 Å². The Bertz CT molecular complexity index is 235. The van der Waals surface area contributed by atoms with Crippen molar-refractivity contribution in [3.05, 3.63) is 0 Å². The standard InChI is InChI=1S/C12H20ClNO2/c13-11(9-4-3-7-16-8-9)12(15)14-10-5-1-2-6-10/h9-11H,1-8H2,(H,14,15). The lowest BCUT2D eigenvalue weighted by atomic mass is 9.97. The zero-order valence-corrected chi connectivity index (χ0v) is 10.3. The Kier molecular flexibility index (Phi) is 4.47. The van der Waals surface area contributed by atoms with E-state index in [1.165, 1.54) is 12.8 Å². The van der Waals surface area contributed by atoms with Gasteiger partial charge in [-0.15, -0.1) is 11.6 Å². The van der Waals surface area contributed by atoms with E-state index in [-0.39, 0.29) is 11.8 Å². The lowest BCUT2D eigenvalue weighted by Gasteiger charge is -2.26. The van der Waals surface area contributed by atoms with Crippen LogP contribution in [0.3, 0.4) is 0 Å². The molecule has 4 heteroatoms. The quantitative estimate of drug-likeness (QED) is 0.774. The first kappa shape index (κ1) is 12.2. The summed E-state index contributed by atoms with van der Waals surface area (Å²) >= 11 is 6.20. The van der Waals surface area contributed by atoms with Gasteiger partial charge in [0.15, 0.2) is 0 Å². The van der Waals surface area contributed by atoms with Crippen molar-refractivity contribution in [2.24, 2.45) is 5.92 Å². The average Bonchev–Trinajstić information content (AvgIpc) is 2.82. The van der Waals surface area contributed by atoms with Crippen LogP contribution < -0.4 is 5.32 Å². The van der Waals surface area contributed by atoms with Gasteiger partial charge >= 0.3 is 0 Å². The predicted octanol–water partition coefficient (Wildman–Crippen LogP) is 2.08. The number of hydrogen-bond acceptors (Lipinski definition) is 2. The number of ether oxygens (including phenoxy) is 1. The molecular formula is C12H20ClNO2. The third-order valence-electron chi connectivity index (χ3n) is 3.56.